The predicted octanol–water partition coefficient (Wildman–Crippen LogP) is 1.92. The Morgan fingerprint density at radius 3 is 2.72 bits per heavy atom. The van der Waals surface area contributed by atoms with Gasteiger partial charge in [-0.05, 0) is 13.3 Å². The molecule has 0 aliphatic carbocycles. The van der Waals surface area contributed by atoms with Gasteiger partial charge < -0.3 is 15.4 Å². The van der Waals surface area contributed by atoms with E-state index in [1.165, 1.54) is 25.7 Å². The van der Waals surface area contributed by atoms with Gasteiger partial charge in [0.1, 0.15) is 0 Å². The van der Waals surface area contributed by atoms with E-state index in [1.54, 1.807) is 0 Å². The zero-order valence-electron chi connectivity index (χ0n) is 11.9. The van der Waals surface area contributed by atoms with Crippen LogP contribution in [0, 0.1) is 0 Å². The Balaban J connectivity index is 2.26. The van der Waals surface area contributed by atoms with E-state index in [2.05, 4.69) is 6.92 Å². The minimum Gasteiger partial charge on any atom is -0.373 e. The summed E-state index contributed by atoms with van der Waals surface area (Å²) in [5.74, 6) is 0.265. The van der Waals surface area contributed by atoms with E-state index in [4.69, 9.17) is 10.5 Å². The van der Waals surface area contributed by atoms with Crippen molar-refractivity contribution in [3.8, 4) is 0 Å². The van der Waals surface area contributed by atoms with E-state index in [9.17, 15) is 4.79 Å². The van der Waals surface area contributed by atoms with Crippen molar-refractivity contribution in [2.75, 3.05) is 19.7 Å². The van der Waals surface area contributed by atoms with Crippen LogP contribution in [0.25, 0.3) is 0 Å². The molecule has 1 saturated heterocycles. The molecule has 0 bridgehead atoms. The van der Waals surface area contributed by atoms with Crippen LogP contribution in [0.3, 0.4) is 0 Å². The number of hydrogen-bond donors (Lipinski definition) is 1. The second-order valence-electron chi connectivity index (χ2n) is 5.25. The van der Waals surface area contributed by atoms with Gasteiger partial charge in [0, 0.05) is 19.5 Å². The molecule has 1 rings (SSSR count). The Bertz CT molecular complexity index is 246. The molecular weight excluding hydrogens is 228 g/mol. The molecule has 2 atom stereocenters. The van der Waals surface area contributed by atoms with E-state index in [0.717, 1.165) is 6.42 Å². The quantitative estimate of drug-likeness (QED) is 0.708. The predicted molar refractivity (Wildman–Crippen MR) is 73.3 cm³/mol. The van der Waals surface area contributed by atoms with Crippen LogP contribution in [0.15, 0.2) is 0 Å². The summed E-state index contributed by atoms with van der Waals surface area (Å²) >= 11 is 0. The van der Waals surface area contributed by atoms with Crippen LogP contribution < -0.4 is 5.73 Å². The second-order valence-corrected chi connectivity index (χ2v) is 5.25. The number of unbranched alkanes of at least 4 members (excludes halogenated alkanes) is 4. The van der Waals surface area contributed by atoms with Gasteiger partial charge in [-0.2, -0.15) is 0 Å². The molecule has 0 radical (unpaired) electrons. The molecule has 1 aliphatic heterocycles. The standard InChI is InChI=1S/C14H28N2O2/c1-3-4-5-6-7-8-14(17)16-10-13(9-15)18-11-12(16)2/h12-13H,3-11,15H2,1-2H3. The molecule has 1 fully saturated rings. The molecule has 1 aliphatic rings. The lowest BCUT2D eigenvalue weighted by molar-refractivity contribution is -0.143. The Hall–Kier alpha value is -0.610. The largest absolute Gasteiger partial charge is 0.373 e. The van der Waals surface area contributed by atoms with Gasteiger partial charge in [-0.15, -0.1) is 0 Å². The zero-order chi connectivity index (χ0) is 13.4. The molecule has 4 nitrogen and oxygen atoms in total. The molecule has 106 valence electrons. The summed E-state index contributed by atoms with van der Waals surface area (Å²) in [6.07, 6.45) is 6.63. The highest BCUT2D eigenvalue weighted by atomic mass is 16.5. The minimum absolute atomic E-state index is 0.0187. The summed E-state index contributed by atoms with van der Waals surface area (Å²) in [6, 6.07) is 0.191. The number of hydrogen-bond acceptors (Lipinski definition) is 3. The summed E-state index contributed by atoms with van der Waals surface area (Å²) in [5.41, 5.74) is 5.60. The highest BCUT2D eigenvalue weighted by Crippen LogP contribution is 2.14. The van der Waals surface area contributed by atoms with Crippen molar-refractivity contribution in [2.24, 2.45) is 5.73 Å². The Labute approximate surface area is 111 Å². The van der Waals surface area contributed by atoms with E-state index < -0.39 is 0 Å². The Morgan fingerprint density at radius 1 is 1.33 bits per heavy atom. The van der Waals surface area contributed by atoms with E-state index in [1.807, 2.05) is 11.8 Å². The fraction of sp³-hybridized carbons (Fsp3) is 0.929. The average Bonchev–Trinajstić information content (AvgIpc) is 2.39. The summed E-state index contributed by atoms with van der Waals surface area (Å²) < 4.78 is 5.56. The van der Waals surface area contributed by atoms with E-state index >= 15 is 0 Å². The molecule has 0 aromatic rings. The monoisotopic (exact) mass is 256 g/mol. The highest BCUT2D eigenvalue weighted by Gasteiger charge is 2.28. The van der Waals surface area contributed by atoms with Crippen LogP contribution in [-0.2, 0) is 9.53 Å². The number of carbonyl (C=O) groups excluding carboxylic acids is 1. The maximum Gasteiger partial charge on any atom is 0.222 e. The van der Waals surface area contributed by atoms with Gasteiger partial charge in [0.2, 0.25) is 5.91 Å². The van der Waals surface area contributed by atoms with E-state index in [-0.39, 0.29) is 18.1 Å². The highest BCUT2D eigenvalue weighted by molar-refractivity contribution is 5.76. The first-order valence-corrected chi connectivity index (χ1v) is 7.30. The number of rotatable bonds is 7. The summed E-state index contributed by atoms with van der Waals surface area (Å²) in [6.45, 7) is 6.01. The minimum atomic E-state index is 0.0187. The van der Waals surface area contributed by atoms with Gasteiger partial charge in [-0.25, -0.2) is 0 Å². The lowest BCUT2D eigenvalue weighted by Crippen LogP contribution is -2.52. The third-order valence-electron chi connectivity index (χ3n) is 3.58. The number of amides is 1. The third-order valence-corrected chi connectivity index (χ3v) is 3.58. The normalized spacial score (nSPS) is 24.3. The van der Waals surface area contributed by atoms with Gasteiger partial charge in [-0.1, -0.05) is 32.6 Å². The fourth-order valence-electron chi connectivity index (χ4n) is 2.33. The molecule has 0 aromatic heterocycles. The van der Waals surface area contributed by atoms with E-state index in [0.29, 0.717) is 26.1 Å². The van der Waals surface area contributed by atoms with Crippen LogP contribution in [-0.4, -0.2) is 42.6 Å². The smallest absolute Gasteiger partial charge is 0.222 e. The number of nitrogens with two attached hydrogens (primary N) is 1. The first-order valence-electron chi connectivity index (χ1n) is 7.30. The van der Waals surface area contributed by atoms with Crippen LogP contribution >= 0.6 is 0 Å². The molecular formula is C14H28N2O2. The van der Waals surface area contributed by atoms with Crippen molar-refractivity contribution in [2.45, 2.75) is 64.5 Å². The SMILES string of the molecule is CCCCCCCC(=O)N1CC(CN)OCC1C. The van der Waals surface area contributed by atoms with Gasteiger partial charge in [0.25, 0.3) is 0 Å². The van der Waals surface area contributed by atoms with Crippen molar-refractivity contribution < 1.29 is 9.53 Å². The molecule has 1 amide bonds. The van der Waals surface area contributed by atoms with Gasteiger partial charge in [0.15, 0.2) is 0 Å². The molecule has 0 aromatic carbocycles. The van der Waals surface area contributed by atoms with Crippen LogP contribution in [0.4, 0.5) is 0 Å². The molecule has 1 heterocycles. The third kappa shape index (κ3) is 4.94. The molecule has 0 saturated carbocycles. The Kier molecular flexibility index (Phi) is 7.28. The van der Waals surface area contributed by atoms with Crippen LogP contribution in [0.5, 0.6) is 0 Å². The average molecular weight is 256 g/mol. The van der Waals surface area contributed by atoms with Crippen molar-refractivity contribution in [1.29, 1.82) is 0 Å². The summed E-state index contributed by atoms with van der Waals surface area (Å²) in [4.78, 5) is 14.1. The number of carbonyl (C=O) groups is 1. The number of nitrogens with zero attached hydrogens (tertiary/aromatic N) is 1. The van der Waals surface area contributed by atoms with Crippen molar-refractivity contribution in [1.82, 2.24) is 4.90 Å². The Morgan fingerprint density at radius 2 is 2.06 bits per heavy atom. The van der Waals surface area contributed by atoms with Crippen molar-refractivity contribution in [3.63, 3.8) is 0 Å². The molecule has 2 N–H and O–H groups in total. The van der Waals surface area contributed by atoms with Crippen LogP contribution in [0.2, 0.25) is 0 Å². The summed E-state index contributed by atoms with van der Waals surface area (Å²) in [7, 11) is 0. The number of morpholine rings is 1. The lowest BCUT2D eigenvalue weighted by atomic mass is 10.1. The topological polar surface area (TPSA) is 55.6 Å². The van der Waals surface area contributed by atoms with Crippen LogP contribution in [0.1, 0.15) is 52.4 Å². The zero-order valence-corrected chi connectivity index (χ0v) is 11.9. The molecule has 4 heteroatoms. The molecule has 0 spiro atoms. The first-order chi connectivity index (χ1) is 8.69. The van der Waals surface area contributed by atoms with Gasteiger partial charge in [0.05, 0.1) is 18.8 Å². The van der Waals surface area contributed by atoms with Gasteiger partial charge >= 0.3 is 0 Å². The maximum absolute atomic E-state index is 12.1. The number of ether oxygens (including phenoxy) is 1. The lowest BCUT2D eigenvalue weighted by Gasteiger charge is -2.37. The van der Waals surface area contributed by atoms with Gasteiger partial charge in [-0.3, -0.25) is 4.79 Å². The summed E-state index contributed by atoms with van der Waals surface area (Å²) in [5, 5.41) is 0. The van der Waals surface area contributed by atoms with Crippen molar-refractivity contribution in [3.05, 3.63) is 0 Å². The maximum atomic E-state index is 12.1. The fourth-order valence-corrected chi connectivity index (χ4v) is 2.33. The van der Waals surface area contributed by atoms with Crippen molar-refractivity contribution >= 4 is 5.91 Å². The molecule has 18 heavy (non-hydrogen) atoms. The first kappa shape index (κ1) is 15.4. The second kappa shape index (κ2) is 8.48. The molecule has 2 unspecified atom stereocenters.